The number of nitrogens with one attached hydrogen (secondary N) is 1. The number of thioether (sulfide) groups is 1. The normalized spacial score (nSPS) is 10.1. The van der Waals surface area contributed by atoms with Gasteiger partial charge in [-0.1, -0.05) is 60.7 Å². The average Bonchev–Trinajstić information content (AvgIpc) is 2.74. The third-order valence-electron chi connectivity index (χ3n) is 4.11. The minimum absolute atomic E-state index is 0.132. The first-order chi connectivity index (χ1) is 13.7. The van der Waals surface area contributed by atoms with Crippen molar-refractivity contribution < 1.29 is 9.59 Å². The van der Waals surface area contributed by atoms with Gasteiger partial charge in [-0.25, -0.2) is 0 Å². The molecule has 0 atom stereocenters. The lowest BCUT2D eigenvalue weighted by molar-refractivity contribution is -0.113. The number of benzene rings is 3. The van der Waals surface area contributed by atoms with Gasteiger partial charge in [-0.2, -0.15) is 5.26 Å². The van der Waals surface area contributed by atoms with Crippen LogP contribution in [0.25, 0.3) is 0 Å². The molecule has 4 nitrogen and oxygen atoms in total. The van der Waals surface area contributed by atoms with Crippen LogP contribution in [0, 0.1) is 11.3 Å². The number of para-hydroxylation sites is 1. The lowest BCUT2D eigenvalue weighted by Crippen LogP contribution is -2.17. The van der Waals surface area contributed by atoms with Gasteiger partial charge >= 0.3 is 0 Å². The van der Waals surface area contributed by atoms with E-state index in [0.717, 1.165) is 5.56 Å². The number of amides is 1. The predicted octanol–water partition coefficient (Wildman–Crippen LogP) is 4.66. The SMILES string of the molecule is N#Cc1ccccc1CSCC(=O)Nc1ccccc1C(=O)c1ccccc1. The van der Waals surface area contributed by atoms with E-state index in [1.807, 2.05) is 36.4 Å². The van der Waals surface area contributed by atoms with E-state index in [-0.39, 0.29) is 17.4 Å². The second kappa shape index (κ2) is 9.54. The molecule has 0 bridgehead atoms. The monoisotopic (exact) mass is 386 g/mol. The first-order valence-corrected chi connectivity index (χ1v) is 9.89. The van der Waals surface area contributed by atoms with Crippen molar-refractivity contribution in [3.05, 3.63) is 101 Å². The third kappa shape index (κ3) is 4.87. The summed E-state index contributed by atoms with van der Waals surface area (Å²) in [7, 11) is 0. The Kier molecular flexibility index (Phi) is 6.61. The Bertz CT molecular complexity index is 1030. The van der Waals surface area contributed by atoms with Crippen molar-refractivity contribution in [2.75, 3.05) is 11.1 Å². The summed E-state index contributed by atoms with van der Waals surface area (Å²) in [6, 6.07) is 25.5. The van der Waals surface area contributed by atoms with Gasteiger partial charge in [0.15, 0.2) is 5.78 Å². The topological polar surface area (TPSA) is 70.0 Å². The highest BCUT2D eigenvalue weighted by molar-refractivity contribution is 7.99. The van der Waals surface area contributed by atoms with E-state index in [1.165, 1.54) is 11.8 Å². The molecule has 0 heterocycles. The zero-order chi connectivity index (χ0) is 19.8. The quantitative estimate of drug-likeness (QED) is 0.600. The molecule has 0 radical (unpaired) electrons. The molecule has 0 saturated heterocycles. The van der Waals surface area contributed by atoms with Crippen LogP contribution in [0.1, 0.15) is 27.0 Å². The number of carbonyl (C=O) groups is 2. The van der Waals surface area contributed by atoms with Gasteiger partial charge in [0.1, 0.15) is 0 Å². The molecule has 0 unspecified atom stereocenters. The Morgan fingerprint density at radius 2 is 1.57 bits per heavy atom. The summed E-state index contributed by atoms with van der Waals surface area (Å²) in [4.78, 5) is 25.1. The first-order valence-electron chi connectivity index (χ1n) is 8.73. The Morgan fingerprint density at radius 3 is 2.36 bits per heavy atom. The van der Waals surface area contributed by atoms with Crippen LogP contribution in [0.5, 0.6) is 0 Å². The van der Waals surface area contributed by atoms with Gasteiger partial charge in [0.25, 0.3) is 0 Å². The minimum Gasteiger partial charge on any atom is -0.325 e. The van der Waals surface area contributed by atoms with Crippen LogP contribution in [0.3, 0.4) is 0 Å². The van der Waals surface area contributed by atoms with Crippen molar-refractivity contribution >= 4 is 29.1 Å². The Labute approximate surface area is 168 Å². The molecule has 0 saturated carbocycles. The number of nitriles is 1. The number of anilines is 1. The van der Waals surface area contributed by atoms with Gasteiger partial charge in [0, 0.05) is 16.9 Å². The average molecular weight is 386 g/mol. The van der Waals surface area contributed by atoms with Crippen LogP contribution in [-0.4, -0.2) is 17.4 Å². The maximum atomic E-state index is 12.7. The highest BCUT2D eigenvalue weighted by atomic mass is 32.2. The van der Waals surface area contributed by atoms with E-state index in [0.29, 0.717) is 28.1 Å². The number of carbonyl (C=O) groups excluding carboxylic acids is 2. The summed E-state index contributed by atoms with van der Waals surface area (Å²) in [6.45, 7) is 0. The fraction of sp³-hybridized carbons (Fsp3) is 0.0870. The Balaban J connectivity index is 1.63. The van der Waals surface area contributed by atoms with Gasteiger partial charge in [-0.15, -0.1) is 11.8 Å². The standard InChI is InChI=1S/C23H18N2O2S/c24-14-18-10-4-5-11-19(18)15-28-16-22(26)25-21-13-7-6-12-20(21)23(27)17-8-2-1-3-9-17/h1-13H,15-16H2,(H,25,26). The lowest BCUT2D eigenvalue weighted by atomic mass is 10.0. The van der Waals surface area contributed by atoms with Crippen molar-refractivity contribution in [1.82, 2.24) is 0 Å². The summed E-state index contributed by atoms with van der Waals surface area (Å²) in [5, 5.41) is 12.0. The fourth-order valence-electron chi connectivity index (χ4n) is 2.73. The Morgan fingerprint density at radius 1 is 0.893 bits per heavy atom. The molecule has 1 amide bonds. The molecular formula is C23H18N2O2S. The zero-order valence-corrected chi connectivity index (χ0v) is 15.9. The largest absolute Gasteiger partial charge is 0.325 e. The maximum Gasteiger partial charge on any atom is 0.234 e. The van der Waals surface area contributed by atoms with Gasteiger partial charge in [-0.05, 0) is 23.8 Å². The van der Waals surface area contributed by atoms with Crippen molar-refractivity contribution in [2.24, 2.45) is 0 Å². The molecule has 5 heteroatoms. The molecule has 0 spiro atoms. The molecule has 1 N–H and O–H groups in total. The lowest BCUT2D eigenvalue weighted by Gasteiger charge is -2.10. The summed E-state index contributed by atoms with van der Waals surface area (Å²) >= 11 is 1.43. The van der Waals surface area contributed by atoms with Crippen molar-refractivity contribution in [3.8, 4) is 6.07 Å². The molecular weight excluding hydrogens is 368 g/mol. The van der Waals surface area contributed by atoms with Gasteiger partial charge < -0.3 is 5.32 Å². The molecule has 3 aromatic rings. The molecule has 0 aliphatic heterocycles. The Hall–Kier alpha value is -3.36. The fourth-order valence-corrected chi connectivity index (χ4v) is 3.56. The summed E-state index contributed by atoms with van der Waals surface area (Å²) in [5.74, 6) is 0.481. The summed E-state index contributed by atoms with van der Waals surface area (Å²) < 4.78 is 0. The number of ketones is 1. The van der Waals surface area contributed by atoms with Gasteiger partial charge in [0.05, 0.1) is 23.1 Å². The zero-order valence-electron chi connectivity index (χ0n) is 15.1. The number of rotatable bonds is 7. The van der Waals surface area contributed by atoms with Crippen LogP contribution >= 0.6 is 11.8 Å². The van der Waals surface area contributed by atoms with E-state index in [9.17, 15) is 9.59 Å². The van der Waals surface area contributed by atoms with Crippen molar-refractivity contribution in [3.63, 3.8) is 0 Å². The molecule has 138 valence electrons. The van der Waals surface area contributed by atoms with Crippen LogP contribution in [0.2, 0.25) is 0 Å². The summed E-state index contributed by atoms with van der Waals surface area (Å²) in [5.41, 5.74) is 3.06. The van der Waals surface area contributed by atoms with Crippen LogP contribution < -0.4 is 5.32 Å². The van der Waals surface area contributed by atoms with E-state index < -0.39 is 0 Å². The number of hydrogen-bond donors (Lipinski definition) is 1. The van der Waals surface area contributed by atoms with Crippen molar-refractivity contribution in [2.45, 2.75) is 5.75 Å². The van der Waals surface area contributed by atoms with Crippen LogP contribution in [-0.2, 0) is 10.5 Å². The molecule has 0 aliphatic rings. The summed E-state index contributed by atoms with van der Waals surface area (Å²) in [6.07, 6.45) is 0. The number of nitrogens with zero attached hydrogens (tertiary/aromatic N) is 1. The molecule has 0 fully saturated rings. The molecule has 3 rings (SSSR count). The smallest absolute Gasteiger partial charge is 0.234 e. The van der Waals surface area contributed by atoms with Crippen LogP contribution in [0.15, 0.2) is 78.9 Å². The molecule has 3 aromatic carbocycles. The second-order valence-electron chi connectivity index (χ2n) is 6.05. The molecule has 28 heavy (non-hydrogen) atoms. The third-order valence-corrected chi connectivity index (χ3v) is 5.09. The highest BCUT2D eigenvalue weighted by Gasteiger charge is 2.14. The van der Waals surface area contributed by atoms with Gasteiger partial charge in [-0.3, -0.25) is 9.59 Å². The minimum atomic E-state index is -0.187. The van der Waals surface area contributed by atoms with Crippen LogP contribution in [0.4, 0.5) is 5.69 Å². The van der Waals surface area contributed by atoms with E-state index >= 15 is 0 Å². The molecule has 0 aromatic heterocycles. The van der Waals surface area contributed by atoms with E-state index in [2.05, 4.69) is 11.4 Å². The van der Waals surface area contributed by atoms with E-state index in [1.54, 1.807) is 42.5 Å². The number of hydrogen-bond acceptors (Lipinski definition) is 4. The van der Waals surface area contributed by atoms with E-state index in [4.69, 9.17) is 5.26 Å². The maximum absolute atomic E-state index is 12.7. The van der Waals surface area contributed by atoms with Gasteiger partial charge in [0.2, 0.25) is 5.91 Å². The second-order valence-corrected chi connectivity index (χ2v) is 7.04. The predicted molar refractivity (Wildman–Crippen MR) is 112 cm³/mol. The van der Waals surface area contributed by atoms with Crippen molar-refractivity contribution in [1.29, 1.82) is 5.26 Å². The first kappa shape index (κ1) is 19.4. The highest BCUT2D eigenvalue weighted by Crippen LogP contribution is 2.21. The molecule has 0 aliphatic carbocycles.